The highest BCUT2D eigenvalue weighted by Crippen LogP contribution is 2.48. The SMILES string of the molecule is Nc1nsc(NC2CCCC2)c1C1CC1. The van der Waals surface area contributed by atoms with Gasteiger partial charge in [0.1, 0.15) is 10.8 Å². The van der Waals surface area contributed by atoms with Crippen LogP contribution in [0.15, 0.2) is 0 Å². The van der Waals surface area contributed by atoms with Gasteiger partial charge < -0.3 is 11.1 Å². The molecule has 0 spiro atoms. The van der Waals surface area contributed by atoms with Crippen molar-refractivity contribution in [2.45, 2.75) is 50.5 Å². The van der Waals surface area contributed by atoms with Gasteiger partial charge in [-0.3, -0.25) is 0 Å². The molecule has 0 amide bonds. The van der Waals surface area contributed by atoms with Gasteiger partial charge >= 0.3 is 0 Å². The van der Waals surface area contributed by atoms with Crippen molar-refractivity contribution in [3.63, 3.8) is 0 Å². The zero-order chi connectivity index (χ0) is 10.3. The number of nitrogens with zero attached hydrogens (tertiary/aromatic N) is 1. The van der Waals surface area contributed by atoms with Crippen LogP contribution in [0.5, 0.6) is 0 Å². The highest BCUT2D eigenvalue weighted by Gasteiger charge is 2.31. The molecule has 15 heavy (non-hydrogen) atoms. The third-order valence-corrected chi connectivity index (χ3v) is 4.24. The average molecular weight is 223 g/mol. The van der Waals surface area contributed by atoms with Crippen molar-refractivity contribution in [3.05, 3.63) is 5.56 Å². The summed E-state index contributed by atoms with van der Waals surface area (Å²) in [7, 11) is 0. The summed E-state index contributed by atoms with van der Waals surface area (Å²) in [6, 6.07) is 0.669. The summed E-state index contributed by atoms with van der Waals surface area (Å²) < 4.78 is 4.28. The predicted octanol–water partition coefficient (Wildman–Crippen LogP) is 2.96. The standard InChI is InChI=1S/C11H17N3S/c12-10-9(7-5-6-7)11(15-14-10)13-8-3-1-2-4-8/h7-8,13H,1-6H2,(H2,12,14). The lowest BCUT2D eigenvalue weighted by molar-refractivity contribution is 0.756. The van der Waals surface area contributed by atoms with E-state index in [0.717, 1.165) is 5.82 Å². The molecule has 0 bridgehead atoms. The normalized spacial score (nSPS) is 22.1. The third-order valence-electron chi connectivity index (χ3n) is 3.43. The van der Waals surface area contributed by atoms with Gasteiger partial charge in [0, 0.05) is 11.6 Å². The number of rotatable bonds is 3. The molecule has 0 saturated heterocycles. The van der Waals surface area contributed by atoms with Gasteiger partial charge in [-0.25, -0.2) is 0 Å². The molecule has 3 N–H and O–H groups in total. The largest absolute Gasteiger partial charge is 0.383 e. The zero-order valence-corrected chi connectivity index (χ0v) is 9.65. The maximum Gasteiger partial charge on any atom is 0.142 e. The maximum atomic E-state index is 5.92. The Morgan fingerprint density at radius 2 is 1.93 bits per heavy atom. The number of aromatic nitrogens is 1. The van der Waals surface area contributed by atoms with Gasteiger partial charge in [-0.2, -0.15) is 4.37 Å². The van der Waals surface area contributed by atoms with Gasteiger partial charge in [-0.05, 0) is 43.1 Å². The number of nitrogens with one attached hydrogen (secondary N) is 1. The Morgan fingerprint density at radius 1 is 1.20 bits per heavy atom. The Labute approximate surface area is 94.2 Å². The molecule has 1 aromatic heterocycles. The van der Waals surface area contributed by atoms with Crippen LogP contribution in [0.25, 0.3) is 0 Å². The van der Waals surface area contributed by atoms with E-state index in [1.165, 1.54) is 49.1 Å². The van der Waals surface area contributed by atoms with Gasteiger partial charge in [-0.15, -0.1) is 0 Å². The van der Waals surface area contributed by atoms with Gasteiger partial charge in [0.25, 0.3) is 0 Å². The van der Waals surface area contributed by atoms with E-state index in [-0.39, 0.29) is 0 Å². The molecule has 0 aliphatic heterocycles. The summed E-state index contributed by atoms with van der Waals surface area (Å²) in [5, 5.41) is 4.88. The second-order valence-electron chi connectivity index (χ2n) is 4.71. The average Bonchev–Trinajstić information content (AvgIpc) is 2.80. The van der Waals surface area contributed by atoms with Crippen LogP contribution >= 0.6 is 11.5 Å². The van der Waals surface area contributed by atoms with Crippen molar-refractivity contribution < 1.29 is 0 Å². The molecule has 82 valence electrons. The van der Waals surface area contributed by atoms with Crippen LogP contribution in [0.1, 0.15) is 50.0 Å². The summed E-state index contributed by atoms with van der Waals surface area (Å²) in [6.07, 6.45) is 7.93. The van der Waals surface area contributed by atoms with Crippen LogP contribution < -0.4 is 11.1 Å². The van der Waals surface area contributed by atoms with E-state index in [4.69, 9.17) is 5.73 Å². The molecular formula is C11H17N3S. The summed E-state index contributed by atoms with van der Waals surface area (Å²) >= 11 is 1.55. The van der Waals surface area contributed by atoms with Crippen LogP contribution in [0.3, 0.4) is 0 Å². The molecule has 1 aromatic rings. The Balaban J connectivity index is 1.78. The zero-order valence-electron chi connectivity index (χ0n) is 8.83. The first-order valence-electron chi connectivity index (χ1n) is 5.86. The van der Waals surface area contributed by atoms with Crippen molar-refractivity contribution in [1.29, 1.82) is 0 Å². The van der Waals surface area contributed by atoms with E-state index in [2.05, 4.69) is 9.69 Å². The Kier molecular flexibility index (Phi) is 2.31. The van der Waals surface area contributed by atoms with E-state index >= 15 is 0 Å². The van der Waals surface area contributed by atoms with Gasteiger partial charge in [0.05, 0.1) is 0 Å². The number of nitrogen functional groups attached to an aromatic ring is 1. The minimum atomic E-state index is 0.669. The number of anilines is 2. The van der Waals surface area contributed by atoms with Crippen LogP contribution in [0.4, 0.5) is 10.8 Å². The van der Waals surface area contributed by atoms with Crippen molar-refractivity contribution in [3.8, 4) is 0 Å². The molecule has 0 radical (unpaired) electrons. The molecular weight excluding hydrogens is 206 g/mol. The molecule has 2 saturated carbocycles. The number of nitrogens with two attached hydrogens (primary N) is 1. The van der Waals surface area contributed by atoms with Gasteiger partial charge in [0.15, 0.2) is 0 Å². The Morgan fingerprint density at radius 3 is 2.60 bits per heavy atom. The lowest BCUT2D eigenvalue weighted by atomic mass is 10.2. The fourth-order valence-electron chi connectivity index (χ4n) is 2.44. The molecule has 0 unspecified atom stereocenters. The fraction of sp³-hybridized carbons (Fsp3) is 0.727. The second kappa shape index (κ2) is 3.67. The Hall–Kier alpha value is -0.770. The van der Waals surface area contributed by atoms with E-state index in [0.29, 0.717) is 12.0 Å². The fourth-order valence-corrected chi connectivity index (χ4v) is 3.31. The molecule has 3 nitrogen and oxygen atoms in total. The molecule has 2 aliphatic carbocycles. The molecule has 4 heteroatoms. The minimum Gasteiger partial charge on any atom is -0.383 e. The van der Waals surface area contributed by atoms with Crippen molar-refractivity contribution >= 4 is 22.4 Å². The summed E-state index contributed by atoms with van der Waals surface area (Å²) in [6.45, 7) is 0. The lowest BCUT2D eigenvalue weighted by Gasteiger charge is -2.12. The number of hydrogen-bond acceptors (Lipinski definition) is 4. The van der Waals surface area contributed by atoms with E-state index in [1.807, 2.05) is 0 Å². The molecule has 0 atom stereocenters. The van der Waals surface area contributed by atoms with E-state index in [1.54, 1.807) is 11.5 Å². The lowest BCUT2D eigenvalue weighted by Crippen LogP contribution is -2.14. The maximum absolute atomic E-state index is 5.92. The first-order chi connectivity index (χ1) is 7.34. The predicted molar refractivity (Wildman–Crippen MR) is 64.4 cm³/mol. The van der Waals surface area contributed by atoms with Gasteiger partial charge in [-0.1, -0.05) is 12.8 Å². The first-order valence-corrected chi connectivity index (χ1v) is 6.63. The monoisotopic (exact) mass is 223 g/mol. The molecule has 3 rings (SSSR count). The molecule has 2 aliphatic rings. The summed E-state index contributed by atoms with van der Waals surface area (Å²) in [5.41, 5.74) is 7.23. The van der Waals surface area contributed by atoms with E-state index < -0.39 is 0 Å². The summed E-state index contributed by atoms with van der Waals surface area (Å²) in [4.78, 5) is 0. The van der Waals surface area contributed by atoms with Crippen molar-refractivity contribution in [2.24, 2.45) is 0 Å². The van der Waals surface area contributed by atoms with Crippen LogP contribution in [0.2, 0.25) is 0 Å². The van der Waals surface area contributed by atoms with Crippen molar-refractivity contribution in [2.75, 3.05) is 11.1 Å². The van der Waals surface area contributed by atoms with Gasteiger partial charge in [0.2, 0.25) is 0 Å². The van der Waals surface area contributed by atoms with Crippen LogP contribution in [-0.4, -0.2) is 10.4 Å². The molecule has 0 aromatic carbocycles. The number of hydrogen-bond donors (Lipinski definition) is 2. The smallest absolute Gasteiger partial charge is 0.142 e. The Bertz CT molecular complexity index is 351. The molecule has 2 fully saturated rings. The molecule has 1 heterocycles. The highest BCUT2D eigenvalue weighted by atomic mass is 32.1. The topological polar surface area (TPSA) is 50.9 Å². The summed E-state index contributed by atoms with van der Waals surface area (Å²) in [5.74, 6) is 1.47. The minimum absolute atomic E-state index is 0.669. The van der Waals surface area contributed by atoms with Crippen LogP contribution in [-0.2, 0) is 0 Å². The quantitative estimate of drug-likeness (QED) is 0.828. The van der Waals surface area contributed by atoms with Crippen molar-refractivity contribution in [1.82, 2.24) is 4.37 Å². The third kappa shape index (κ3) is 1.83. The first kappa shape index (κ1) is 9.46. The highest BCUT2D eigenvalue weighted by molar-refractivity contribution is 7.10. The second-order valence-corrected chi connectivity index (χ2v) is 5.48. The van der Waals surface area contributed by atoms with Crippen LogP contribution in [0, 0.1) is 0 Å². The van der Waals surface area contributed by atoms with E-state index in [9.17, 15) is 0 Å².